The largest absolute Gasteiger partial charge is 0.309 e. The Labute approximate surface area is 76.2 Å². The Kier molecular flexibility index (Phi) is 2.14. The summed E-state index contributed by atoms with van der Waals surface area (Å²) in [4.78, 5) is 12.3. The fourth-order valence-electron chi connectivity index (χ4n) is 1.14. The van der Waals surface area contributed by atoms with Crippen LogP contribution in [0.15, 0.2) is 34.5 Å². The molecule has 1 unspecified atom stereocenters. The Balaban J connectivity index is 2.32. The fraction of sp³-hybridized carbons (Fsp3) is 0.222. The summed E-state index contributed by atoms with van der Waals surface area (Å²) in [6, 6.07) is 3.74. The highest BCUT2D eigenvalue weighted by Crippen LogP contribution is 2.06. The Morgan fingerprint density at radius 2 is 2.08 bits per heavy atom. The quantitative estimate of drug-likeness (QED) is 0.677. The van der Waals surface area contributed by atoms with E-state index in [1.165, 1.54) is 0 Å². The van der Waals surface area contributed by atoms with Crippen LogP contribution in [0.1, 0.15) is 12.0 Å². The lowest BCUT2D eigenvalue weighted by atomic mass is 10.2. The van der Waals surface area contributed by atoms with Gasteiger partial charge in [-0.15, -0.1) is 0 Å². The normalized spacial score (nSPS) is 21.3. The van der Waals surface area contributed by atoms with E-state index >= 15 is 0 Å². The van der Waals surface area contributed by atoms with Crippen molar-refractivity contribution in [3.05, 3.63) is 30.1 Å². The second-order valence-electron chi connectivity index (χ2n) is 2.80. The Morgan fingerprint density at radius 3 is 2.77 bits per heavy atom. The van der Waals surface area contributed by atoms with Crippen molar-refractivity contribution in [3.63, 3.8) is 0 Å². The number of pyridine rings is 1. The molecule has 1 aliphatic rings. The Bertz CT molecular complexity index is 342. The van der Waals surface area contributed by atoms with Crippen molar-refractivity contribution < 1.29 is 0 Å². The van der Waals surface area contributed by atoms with Gasteiger partial charge in [0.2, 0.25) is 0 Å². The molecule has 4 nitrogen and oxygen atoms in total. The van der Waals surface area contributed by atoms with Crippen LogP contribution in [0.25, 0.3) is 0 Å². The van der Waals surface area contributed by atoms with Crippen molar-refractivity contribution in [1.29, 1.82) is 0 Å². The maximum Gasteiger partial charge on any atom is 0.155 e. The molecule has 0 bridgehead atoms. The first-order chi connectivity index (χ1) is 6.36. The third kappa shape index (κ3) is 1.78. The van der Waals surface area contributed by atoms with E-state index < -0.39 is 0 Å². The van der Waals surface area contributed by atoms with Crippen molar-refractivity contribution in [2.45, 2.75) is 12.6 Å². The zero-order chi connectivity index (χ0) is 9.10. The summed E-state index contributed by atoms with van der Waals surface area (Å²) in [6.45, 7) is 0. The SMILES string of the molecule is NC1CC=NC(c2ccncc2)=N1. The van der Waals surface area contributed by atoms with Crippen LogP contribution in [-0.2, 0) is 0 Å². The summed E-state index contributed by atoms with van der Waals surface area (Å²) < 4.78 is 0. The van der Waals surface area contributed by atoms with Crippen LogP contribution in [0.2, 0.25) is 0 Å². The molecule has 1 atom stereocenters. The van der Waals surface area contributed by atoms with Crippen LogP contribution in [0.4, 0.5) is 0 Å². The molecular formula is C9H10N4. The van der Waals surface area contributed by atoms with Gasteiger partial charge in [-0.25, -0.2) is 9.98 Å². The minimum Gasteiger partial charge on any atom is -0.309 e. The van der Waals surface area contributed by atoms with Gasteiger partial charge in [-0.1, -0.05) is 0 Å². The number of hydrogen-bond donors (Lipinski definition) is 1. The van der Waals surface area contributed by atoms with Crippen molar-refractivity contribution >= 4 is 12.1 Å². The molecule has 66 valence electrons. The molecule has 0 saturated heterocycles. The first kappa shape index (κ1) is 8.07. The summed E-state index contributed by atoms with van der Waals surface area (Å²) in [5, 5.41) is 0. The van der Waals surface area contributed by atoms with Crippen molar-refractivity contribution in [2.24, 2.45) is 15.7 Å². The highest BCUT2D eigenvalue weighted by atomic mass is 15.0. The van der Waals surface area contributed by atoms with Gasteiger partial charge in [-0.2, -0.15) is 0 Å². The van der Waals surface area contributed by atoms with Gasteiger partial charge in [0.25, 0.3) is 0 Å². The molecule has 0 radical (unpaired) electrons. The van der Waals surface area contributed by atoms with Gasteiger partial charge >= 0.3 is 0 Å². The highest BCUT2D eigenvalue weighted by Gasteiger charge is 2.08. The maximum atomic E-state index is 5.67. The third-order valence-corrected chi connectivity index (χ3v) is 1.79. The number of nitrogens with zero attached hydrogens (tertiary/aromatic N) is 3. The number of aliphatic imine (C=N–C) groups is 2. The lowest BCUT2D eigenvalue weighted by Crippen LogP contribution is -2.23. The summed E-state index contributed by atoms with van der Waals surface area (Å²) >= 11 is 0. The van der Waals surface area contributed by atoms with Gasteiger partial charge in [-0.05, 0) is 12.1 Å². The number of nitrogens with two attached hydrogens (primary N) is 1. The average Bonchev–Trinajstić information content (AvgIpc) is 2.19. The fourth-order valence-corrected chi connectivity index (χ4v) is 1.14. The molecule has 2 rings (SSSR count). The molecule has 1 aliphatic heterocycles. The Hall–Kier alpha value is -1.55. The summed E-state index contributed by atoms with van der Waals surface area (Å²) in [7, 11) is 0. The lowest BCUT2D eigenvalue weighted by molar-refractivity contribution is 0.740. The predicted molar refractivity (Wildman–Crippen MR) is 51.9 cm³/mol. The maximum absolute atomic E-state index is 5.67. The first-order valence-corrected chi connectivity index (χ1v) is 4.12. The molecule has 0 spiro atoms. The van der Waals surface area contributed by atoms with Gasteiger partial charge in [-0.3, -0.25) is 4.98 Å². The molecule has 0 saturated carbocycles. The molecule has 2 heterocycles. The standard InChI is InChI=1S/C9H10N4/c10-8-3-6-12-9(13-8)7-1-4-11-5-2-7/h1-2,4-6,8H,3,10H2. The van der Waals surface area contributed by atoms with Gasteiger partial charge < -0.3 is 5.73 Å². The van der Waals surface area contributed by atoms with E-state index in [2.05, 4.69) is 15.0 Å². The van der Waals surface area contributed by atoms with E-state index in [4.69, 9.17) is 5.73 Å². The third-order valence-electron chi connectivity index (χ3n) is 1.79. The summed E-state index contributed by atoms with van der Waals surface area (Å²) in [6.07, 6.45) is 5.80. The number of rotatable bonds is 1. The summed E-state index contributed by atoms with van der Waals surface area (Å²) in [5.41, 5.74) is 6.63. The molecule has 2 N–H and O–H groups in total. The van der Waals surface area contributed by atoms with Crippen LogP contribution < -0.4 is 5.73 Å². The zero-order valence-electron chi connectivity index (χ0n) is 7.09. The molecular weight excluding hydrogens is 164 g/mol. The second kappa shape index (κ2) is 3.45. The van der Waals surface area contributed by atoms with E-state index in [1.807, 2.05) is 12.1 Å². The highest BCUT2D eigenvalue weighted by molar-refractivity contribution is 6.03. The van der Waals surface area contributed by atoms with Gasteiger partial charge in [0, 0.05) is 30.6 Å². The summed E-state index contributed by atoms with van der Waals surface area (Å²) in [5.74, 6) is 0.696. The monoisotopic (exact) mass is 174 g/mol. The van der Waals surface area contributed by atoms with Crippen LogP contribution in [-0.4, -0.2) is 23.2 Å². The minimum atomic E-state index is -0.152. The van der Waals surface area contributed by atoms with E-state index in [0.29, 0.717) is 12.3 Å². The molecule has 4 heteroatoms. The lowest BCUT2D eigenvalue weighted by Gasteiger charge is -2.10. The number of hydrogen-bond acceptors (Lipinski definition) is 4. The van der Waals surface area contributed by atoms with E-state index in [1.54, 1.807) is 18.6 Å². The molecule has 0 aliphatic carbocycles. The molecule has 13 heavy (non-hydrogen) atoms. The molecule has 1 aromatic heterocycles. The van der Waals surface area contributed by atoms with Gasteiger partial charge in [0.05, 0.1) is 0 Å². The molecule has 0 amide bonds. The smallest absolute Gasteiger partial charge is 0.155 e. The number of aromatic nitrogens is 1. The number of amidine groups is 1. The molecule has 0 aromatic carbocycles. The molecule has 0 fully saturated rings. The average molecular weight is 174 g/mol. The van der Waals surface area contributed by atoms with Crippen LogP contribution in [0, 0.1) is 0 Å². The second-order valence-corrected chi connectivity index (χ2v) is 2.80. The zero-order valence-corrected chi connectivity index (χ0v) is 7.09. The van der Waals surface area contributed by atoms with Crippen LogP contribution >= 0.6 is 0 Å². The van der Waals surface area contributed by atoms with Crippen molar-refractivity contribution in [2.75, 3.05) is 0 Å². The van der Waals surface area contributed by atoms with E-state index in [-0.39, 0.29) is 6.17 Å². The topological polar surface area (TPSA) is 63.6 Å². The van der Waals surface area contributed by atoms with E-state index in [9.17, 15) is 0 Å². The van der Waals surface area contributed by atoms with Crippen molar-refractivity contribution in [3.8, 4) is 0 Å². The first-order valence-electron chi connectivity index (χ1n) is 4.12. The Morgan fingerprint density at radius 1 is 1.31 bits per heavy atom. The van der Waals surface area contributed by atoms with E-state index in [0.717, 1.165) is 5.56 Å². The molecule has 1 aromatic rings. The van der Waals surface area contributed by atoms with Gasteiger partial charge in [0.1, 0.15) is 6.17 Å². The van der Waals surface area contributed by atoms with Crippen molar-refractivity contribution in [1.82, 2.24) is 4.98 Å². The van der Waals surface area contributed by atoms with Crippen LogP contribution in [0.3, 0.4) is 0 Å². The minimum absolute atomic E-state index is 0.152. The van der Waals surface area contributed by atoms with Gasteiger partial charge in [0.15, 0.2) is 5.84 Å². The predicted octanol–water partition coefficient (Wildman–Crippen LogP) is 0.587. The van der Waals surface area contributed by atoms with Crippen LogP contribution in [0.5, 0.6) is 0 Å².